The van der Waals surface area contributed by atoms with E-state index < -0.39 is 0 Å². The summed E-state index contributed by atoms with van der Waals surface area (Å²) in [5, 5.41) is 2.35. The van der Waals surface area contributed by atoms with Crippen molar-refractivity contribution in [3.05, 3.63) is 48.0 Å². The number of benzene rings is 2. The Bertz CT molecular complexity index is 437. The highest BCUT2D eigenvalue weighted by molar-refractivity contribution is 9.10. The first-order valence-corrected chi connectivity index (χ1v) is 4.70. The molecule has 0 fully saturated rings. The molecule has 1 radical (unpaired) electrons. The van der Waals surface area contributed by atoms with Crippen molar-refractivity contribution in [1.82, 2.24) is 0 Å². The van der Waals surface area contributed by atoms with Crippen LogP contribution in [-0.2, 0) is 0 Å². The molecule has 0 heterocycles. The Morgan fingerprint density at radius 3 is 2.46 bits per heavy atom. The van der Waals surface area contributed by atoms with Gasteiger partial charge in [0.25, 0.3) is 0 Å². The Morgan fingerprint density at radius 1 is 1.00 bits per heavy atom. The van der Waals surface area contributed by atoms with Crippen LogP contribution in [0.1, 0.15) is 0 Å². The summed E-state index contributed by atoms with van der Waals surface area (Å²) in [6, 6.07) is 12.0. The molecule has 65 valence electrons. The van der Waals surface area contributed by atoms with Crippen LogP contribution in [0.3, 0.4) is 0 Å². The smallest absolute Gasteiger partial charge is 0.122 e. The van der Waals surface area contributed by atoms with Gasteiger partial charge in [0.2, 0.25) is 0 Å². The molecular formula is C11H8BrO. The van der Waals surface area contributed by atoms with Crippen molar-refractivity contribution in [3.63, 3.8) is 0 Å². The zero-order chi connectivity index (χ0) is 9.26. The molecule has 2 rings (SSSR count). The minimum absolute atomic E-state index is 0.787. The van der Waals surface area contributed by atoms with E-state index in [9.17, 15) is 0 Å². The number of fused-ring (bicyclic) bond motifs is 1. The number of rotatable bonds is 1. The molecule has 0 aromatic heterocycles. The maximum atomic E-state index is 4.89. The van der Waals surface area contributed by atoms with Gasteiger partial charge >= 0.3 is 0 Å². The Hall–Kier alpha value is -1.02. The van der Waals surface area contributed by atoms with Gasteiger partial charge in [-0.15, -0.1) is 0 Å². The maximum Gasteiger partial charge on any atom is 0.122 e. The average Bonchev–Trinajstić information content (AvgIpc) is 2.17. The second-order valence-corrected chi connectivity index (χ2v) is 3.71. The molecule has 2 heteroatoms. The van der Waals surface area contributed by atoms with Crippen LogP contribution in [0.2, 0.25) is 0 Å². The summed E-state index contributed by atoms with van der Waals surface area (Å²) in [4.78, 5) is 0. The first kappa shape index (κ1) is 8.57. The summed E-state index contributed by atoms with van der Waals surface area (Å²) < 4.78 is 5.98. The van der Waals surface area contributed by atoms with Crippen molar-refractivity contribution in [2.75, 3.05) is 0 Å². The molecule has 0 saturated carbocycles. The maximum absolute atomic E-state index is 4.89. The molecule has 0 aliphatic carbocycles. The minimum Gasteiger partial charge on any atom is -0.490 e. The quantitative estimate of drug-likeness (QED) is 0.732. The van der Waals surface area contributed by atoms with E-state index in [0.717, 1.165) is 15.6 Å². The topological polar surface area (TPSA) is 9.23 Å². The third-order valence-electron chi connectivity index (χ3n) is 1.94. The van der Waals surface area contributed by atoms with Gasteiger partial charge in [-0.2, -0.15) is 0 Å². The van der Waals surface area contributed by atoms with Crippen molar-refractivity contribution >= 4 is 26.7 Å². The van der Waals surface area contributed by atoms with Crippen LogP contribution in [0, 0.1) is 7.11 Å². The summed E-state index contributed by atoms with van der Waals surface area (Å²) >= 11 is 3.42. The van der Waals surface area contributed by atoms with Gasteiger partial charge in [0.05, 0.1) is 0 Å². The van der Waals surface area contributed by atoms with E-state index >= 15 is 0 Å². The van der Waals surface area contributed by atoms with Crippen LogP contribution < -0.4 is 4.74 Å². The number of hydrogen-bond donors (Lipinski definition) is 0. The molecule has 0 bridgehead atoms. The first-order chi connectivity index (χ1) is 6.29. The zero-order valence-corrected chi connectivity index (χ0v) is 8.54. The van der Waals surface area contributed by atoms with Gasteiger partial charge in [-0.05, 0) is 35.0 Å². The van der Waals surface area contributed by atoms with E-state index in [2.05, 4.69) is 29.1 Å². The van der Waals surface area contributed by atoms with Gasteiger partial charge in [0, 0.05) is 4.47 Å². The summed E-state index contributed by atoms with van der Waals surface area (Å²) in [5.74, 6) is 0.787. The second kappa shape index (κ2) is 3.38. The van der Waals surface area contributed by atoms with E-state index in [1.54, 1.807) is 0 Å². The normalized spacial score (nSPS) is 10.3. The molecule has 0 atom stereocenters. The van der Waals surface area contributed by atoms with Crippen LogP contribution in [-0.4, -0.2) is 0 Å². The lowest BCUT2D eigenvalue weighted by molar-refractivity contribution is 0.474. The SMILES string of the molecule is [CH2]Oc1ccc2cc(Br)ccc2c1. The Labute approximate surface area is 85.5 Å². The standard InChI is InChI=1S/C11H8BrO/c1-13-11-5-3-8-6-10(12)4-2-9(8)7-11/h2-7H,1H2. The molecule has 13 heavy (non-hydrogen) atoms. The van der Waals surface area contributed by atoms with Crippen molar-refractivity contribution in [2.24, 2.45) is 0 Å². The minimum atomic E-state index is 0.787. The molecule has 2 aromatic carbocycles. The fraction of sp³-hybridized carbons (Fsp3) is 0. The van der Waals surface area contributed by atoms with E-state index in [4.69, 9.17) is 4.74 Å². The fourth-order valence-electron chi connectivity index (χ4n) is 1.28. The van der Waals surface area contributed by atoms with Crippen molar-refractivity contribution in [3.8, 4) is 5.75 Å². The summed E-state index contributed by atoms with van der Waals surface area (Å²) in [6.45, 7) is 0. The van der Waals surface area contributed by atoms with Gasteiger partial charge in [-0.25, -0.2) is 0 Å². The average molecular weight is 236 g/mol. The third kappa shape index (κ3) is 1.68. The summed E-state index contributed by atoms with van der Waals surface area (Å²) in [7, 11) is 3.37. The van der Waals surface area contributed by atoms with Crippen LogP contribution in [0.5, 0.6) is 5.75 Å². The van der Waals surface area contributed by atoms with Crippen molar-refractivity contribution in [2.45, 2.75) is 0 Å². The van der Waals surface area contributed by atoms with Crippen LogP contribution in [0.25, 0.3) is 10.8 Å². The van der Waals surface area contributed by atoms with Crippen LogP contribution >= 0.6 is 15.9 Å². The van der Waals surface area contributed by atoms with E-state index in [1.165, 1.54) is 5.39 Å². The molecule has 0 saturated heterocycles. The molecule has 0 amide bonds. The Kier molecular flexibility index (Phi) is 2.23. The highest BCUT2D eigenvalue weighted by atomic mass is 79.9. The molecule has 2 aromatic rings. The Morgan fingerprint density at radius 2 is 1.69 bits per heavy atom. The molecule has 0 N–H and O–H groups in total. The van der Waals surface area contributed by atoms with E-state index in [1.807, 2.05) is 30.3 Å². The van der Waals surface area contributed by atoms with Crippen molar-refractivity contribution in [1.29, 1.82) is 0 Å². The molecule has 0 aliphatic rings. The highest BCUT2D eigenvalue weighted by Crippen LogP contribution is 2.23. The summed E-state index contributed by atoms with van der Waals surface area (Å²) in [5.41, 5.74) is 0. The third-order valence-corrected chi connectivity index (χ3v) is 2.43. The largest absolute Gasteiger partial charge is 0.490 e. The monoisotopic (exact) mass is 235 g/mol. The first-order valence-electron chi connectivity index (χ1n) is 3.91. The molecule has 0 spiro atoms. The number of hydrogen-bond acceptors (Lipinski definition) is 1. The zero-order valence-electron chi connectivity index (χ0n) is 6.96. The van der Waals surface area contributed by atoms with Gasteiger partial charge in [0.1, 0.15) is 12.9 Å². The molecule has 0 aliphatic heterocycles. The van der Waals surface area contributed by atoms with Gasteiger partial charge in [-0.1, -0.05) is 28.1 Å². The van der Waals surface area contributed by atoms with Gasteiger partial charge in [-0.3, -0.25) is 0 Å². The lowest BCUT2D eigenvalue weighted by atomic mass is 10.1. The fourth-order valence-corrected chi connectivity index (χ4v) is 1.66. The van der Waals surface area contributed by atoms with Gasteiger partial charge < -0.3 is 4.74 Å². The second-order valence-electron chi connectivity index (χ2n) is 2.80. The van der Waals surface area contributed by atoms with E-state index in [-0.39, 0.29) is 0 Å². The van der Waals surface area contributed by atoms with Gasteiger partial charge in [0.15, 0.2) is 0 Å². The molecular weight excluding hydrogens is 228 g/mol. The van der Waals surface area contributed by atoms with E-state index in [0.29, 0.717) is 0 Å². The van der Waals surface area contributed by atoms with Crippen LogP contribution in [0.15, 0.2) is 40.9 Å². The predicted octanol–water partition coefficient (Wildman–Crippen LogP) is 3.77. The Balaban J connectivity index is 2.66. The number of halogens is 1. The lowest BCUT2D eigenvalue weighted by Gasteiger charge is -2.01. The lowest BCUT2D eigenvalue weighted by Crippen LogP contribution is -1.79. The number of ether oxygens (including phenoxy) is 1. The molecule has 0 unspecified atom stereocenters. The predicted molar refractivity (Wildman–Crippen MR) is 57.6 cm³/mol. The highest BCUT2D eigenvalue weighted by Gasteiger charge is 1.96. The summed E-state index contributed by atoms with van der Waals surface area (Å²) in [6.07, 6.45) is 0. The van der Waals surface area contributed by atoms with Crippen molar-refractivity contribution < 1.29 is 4.74 Å². The van der Waals surface area contributed by atoms with Crippen LogP contribution in [0.4, 0.5) is 0 Å². The molecule has 1 nitrogen and oxygen atoms in total.